The molecule has 0 radical (unpaired) electrons. The third-order valence-electron chi connectivity index (χ3n) is 16.6. The highest BCUT2D eigenvalue weighted by Crippen LogP contribution is 2.43. The van der Waals surface area contributed by atoms with Crippen molar-refractivity contribution >= 4 is 13.7 Å². The molecule has 0 aromatic heterocycles. The molecule has 0 rings (SSSR count). The number of allylic oxidation sites excluding steroid dienone is 5. The van der Waals surface area contributed by atoms with E-state index >= 15 is 0 Å². The maximum Gasteiger partial charge on any atom is 0.472 e. The minimum Gasteiger partial charge on any atom is -0.387 e. The Balaban J connectivity index is 3.95. The Kier molecular flexibility index (Phi) is 62.2. The topological polar surface area (TPSA) is 105 Å². The van der Waals surface area contributed by atoms with Crippen LogP contribution in [0.15, 0.2) is 36.5 Å². The van der Waals surface area contributed by atoms with E-state index in [1.165, 1.54) is 302 Å². The summed E-state index contributed by atoms with van der Waals surface area (Å²) < 4.78 is 23.8. The number of carbonyl (C=O) groups excluding carboxylic acids is 1. The van der Waals surface area contributed by atoms with Crippen molar-refractivity contribution in [2.45, 2.75) is 379 Å². The van der Waals surface area contributed by atoms with Crippen molar-refractivity contribution in [3.05, 3.63) is 36.5 Å². The number of carbonyl (C=O) groups is 1. The average Bonchev–Trinajstić information content (AvgIpc) is 3.43. The monoisotopic (exact) mass is 1160 g/mol. The number of amides is 1. The second-order valence-corrected chi connectivity index (χ2v) is 27.4. The lowest BCUT2D eigenvalue weighted by Gasteiger charge is -2.25. The largest absolute Gasteiger partial charge is 0.472 e. The van der Waals surface area contributed by atoms with Crippen molar-refractivity contribution in [3.63, 3.8) is 0 Å². The van der Waals surface area contributed by atoms with E-state index in [-0.39, 0.29) is 19.1 Å². The van der Waals surface area contributed by atoms with Gasteiger partial charge in [-0.05, 0) is 51.4 Å². The van der Waals surface area contributed by atoms with Crippen LogP contribution in [-0.2, 0) is 18.4 Å². The van der Waals surface area contributed by atoms with Gasteiger partial charge in [-0.25, -0.2) is 4.57 Å². The number of aliphatic hydroxyl groups excluding tert-OH is 1. The highest BCUT2D eigenvalue weighted by Gasteiger charge is 2.28. The summed E-state index contributed by atoms with van der Waals surface area (Å²) >= 11 is 0. The molecule has 3 unspecified atom stereocenters. The molecule has 8 nitrogen and oxygen atoms in total. The molecule has 0 aromatic rings. The van der Waals surface area contributed by atoms with Gasteiger partial charge in [0.05, 0.1) is 39.9 Å². The Morgan fingerprint density at radius 3 is 1.01 bits per heavy atom. The van der Waals surface area contributed by atoms with Gasteiger partial charge in [-0.15, -0.1) is 0 Å². The fourth-order valence-electron chi connectivity index (χ4n) is 11.0. The SMILES string of the molecule is CCCCCCCCCCCCCCCCC/C=C\C/C=C\CCCCCCCCCCCCCCCCCCCC(=O)NC(COP(=O)(O)OCC[N+](C)(C)C)C(O)/C=C/CCCCCCCCCCCCCCCCCCCC. The van der Waals surface area contributed by atoms with Gasteiger partial charge in [-0.3, -0.25) is 13.8 Å². The summed E-state index contributed by atoms with van der Waals surface area (Å²) in [6.45, 7) is 4.87. The smallest absolute Gasteiger partial charge is 0.387 e. The number of nitrogens with zero attached hydrogens (tertiary/aromatic N) is 1. The minimum absolute atomic E-state index is 0.0632. The molecule has 0 saturated carbocycles. The van der Waals surface area contributed by atoms with Gasteiger partial charge in [0.2, 0.25) is 5.91 Å². The molecule has 3 N–H and O–H groups in total. The zero-order valence-electron chi connectivity index (χ0n) is 55.1. The van der Waals surface area contributed by atoms with E-state index in [1.807, 2.05) is 27.2 Å². The number of rotatable bonds is 67. The number of phosphoric acid groups is 1. The fourth-order valence-corrected chi connectivity index (χ4v) is 11.8. The standard InChI is InChI=1S/C72H141N2O6P/c1-6-8-10-12-14-16-18-20-22-24-26-28-29-30-31-32-33-34-35-36-37-38-39-40-41-42-43-44-45-46-48-50-52-54-56-58-60-62-64-66-72(76)73-70(69-80-81(77,78)79-68-67-74(3,4)5)71(75)65-63-61-59-57-55-53-51-49-47-27-25-23-21-19-17-15-13-11-9-7-2/h33-34,36-37,63,65,70-71,75H,6-32,35,38-62,64,66-69H2,1-5H3,(H-,73,76,77,78)/p+1/b34-33-,37-36-,65-63+. The molecule has 0 spiro atoms. The Hall–Kier alpha value is -1.28. The second-order valence-electron chi connectivity index (χ2n) is 26.0. The number of hydrogen-bond acceptors (Lipinski definition) is 5. The van der Waals surface area contributed by atoms with Crippen molar-refractivity contribution < 1.29 is 32.9 Å². The van der Waals surface area contributed by atoms with Crippen LogP contribution in [0.3, 0.4) is 0 Å². The van der Waals surface area contributed by atoms with E-state index in [9.17, 15) is 19.4 Å². The highest BCUT2D eigenvalue weighted by molar-refractivity contribution is 7.47. The zero-order chi connectivity index (χ0) is 59.1. The summed E-state index contributed by atoms with van der Waals surface area (Å²) in [6, 6.07) is -0.847. The first-order valence-electron chi connectivity index (χ1n) is 35.9. The van der Waals surface area contributed by atoms with Gasteiger partial charge < -0.3 is 19.8 Å². The molecule has 3 atom stereocenters. The van der Waals surface area contributed by atoms with Crippen LogP contribution in [0.25, 0.3) is 0 Å². The lowest BCUT2D eigenvalue weighted by atomic mass is 10.0. The van der Waals surface area contributed by atoms with Crippen molar-refractivity contribution in [3.8, 4) is 0 Å². The molecular formula is C72H142N2O6P+. The van der Waals surface area contributed by atoms with Crippen LogP contribution in [0.5, 0.6) is 0 Å². The van der Waals surface area contributed by atoms with Crippen molar-refractivity contribution in [1.82, 2.24) is 5.32 Å². The lowest BCUT2D eigenvalue weighted by Crippen LogP contribution is -2.45. The van der Waals surface area contributed by atoms with Crippen LogP contribution >= 0.6 is 7.82 Å². The second kappa shape index (κ2) is 63.2. The van der Waals surface area contributed by atoms with Gasteiger partial charge in [0.15, 0.2) is 0 Å². The number of unbranched alkanes of at least 4 members (excludes halogenated alkanes) is 50. The third-order valence-corrected chi connectivity index (χ3v) is 17.6. The maximum absolute atomic E-state index is 13.0. The molecule has 9 heteroatoms. The molecule has 0 bridgehead atoms. The normalized spacial score (nSPS) is 13.8. The van der Waals surface area contributed by atoms with Crippen LogP contribution in [0.2, 0.25) is 0 Å². The molecular weight excluding hydrogens is 1020 g/mol. The third kappa shape index (κ3) is 66.1. The van der Waals surface area contributed by atoms with Crippen LogP contribution in [0.1, 0.15) is 367 Å². The first-order chi connectivity index (χ1) is 39.5. The molecule has 0 heterocycles. The Bertz CT molecular complexity index is 1410. The zero-order valence-corrected chi connectivity index (χ0v) is 55.9. The summed E-state index contributed by atoms with van der Waals surface area (Å²) in [5.41, 5.74) is 0. The minimum atomic E-state index is -4.35. The lowest BCUT2D eigenvalue weighted by molar-refractivity contribution is -0.870. The van der Waals surface area contributed by atoms with Crippen molar-refractivity contribution in [2.24, 2.45) is 0 Å². The Morgan fingerprint density at radius 2 is 0.704 bits per heavy atom. The molecule has 480 valence electrons. The van der Waals surface area contributed by atoms with E-state index in [4.69, 9.17) is 9.05 Å². The van der Waals surface area contributed by atoms with E-state index in [0.717, 1.165) is 44.9 Å². The number of quaternary nitrogens is 1. The van der Waals surface area contributed by atoms with E-state index in [0.29, 0.717) is 17.4 Å². The quantitative estimate of drug-likeness (QED) is 0.0243. The fraction of sp³-hybridized carbons (Fsp3) is 0.903. The molecule has 0 aromatic carbocycles. The summed E-state index contributed by atoms with van der Waals surface area (Å²) in [6.07, 6.45) is 84.5. The van der Waals surface area contributed by atoms with E-state index in [2.05, 4.69) is 43.5 Å². The van der Waals surface area contributed by atoms with Crippen LogP contribution < -0.4 is 5.32 Å². The van der Waals surface area contributed by atoms with E-state index in [1.54, 1.807) is 6.08 Å². The number of aliphatic hydroxyl groups is 1. The summed E-state index contributed by atoms with van der Waals surface area (Å²) in [5.74, 6) is -0.171. The van der Waals surface area contributed by atoms with Crippen molar-refractivity contribution in [1.29, 1.82) is 0 Å². The highest BCUT2D eigenvalue weighted by atomic mass is 31.2. The van der Waals surface area contributed by atoms with Gasteiger partial charge in [0.1, 0.15) is 13.2 Å². The van der Waals surface area contributed by atoms with E-state index < -0.39 is 20.0 Å². The molecule has 0 aliphatic heterocycles. The number of likely N-dealkylation sites (N-methyl/N-ethyl adjacent to an activating group) is 1. The van der Waals surface area contributed by atoms with Gasteiger partial charge in [-0.2, -0.15) is 0 Å². The van der Waals surface area contributed by atoms with Crippen LogP contribution in [0, 0.1) is 0 Å². The predicted molar refractivity (Wildman–Crippen MR) is 355 cm³/mol. The Morgan fingerprint density at radius 1 is 0.420 bits per heavy atom. The molecule has 0 aliphatic carbocycles. The van der Waals surface area contributed by atoms with Gasteiger partial charge in [0, 0.05) is 6.42 Å². The van der Waals surface area contributed by atoms with Crippen LogP contribution in [-0.4, -0.2) is 73.4 Å². The van der Waals surface area contributed by atoms with Gasteiger partial charge in [0.25, 0.3) is 0 Å². The number of phosphoric ester groups is 1. The molecule has 0 fully saturated rings. The van der Waals surface area contributed by atoms with Gasteiger partial charge in [-0.1, -0.05) is 346 Å². The Labute approximate surface area is 506 Å². The summed E-state index contributed by atoms with van der Waals surface area (Å²) in [5, 5.41) is 14.0. The first kappa shape index (κ1) is 79.7. The molecule has 0 saturated heterocycles. The molecule has 81 heavy (non-hydrogen) atoms. The number of nitrogens with one attached hydrogen (secondary N) is 1. The maximum atomic E-state index is 13.0. The summed E-state index contributed by atoms with van der Waals surface area (Å²) in [7, 11) is 1.59. The first-order valence-corrected chi connectivity index (χ1v) is 37.4. The predicted octanol–water partition coefficient (Wildman–Crippen LogP) is 22.8. The van der Waals surface area contributed by atoms with Crippen LogP contribution in [0.4, 0.5) is 0 Å². The number of hydrogen-bond donors (Lipinski definition) is 3. The summed E-state index contributed by atoms with van der Waals surface area (Å²) in [4.78, 5) is 23.4. The van der Waals surface area contributed by atoms with Crippen molar-refractivity contribution in [2.75, 3.05) is 40.9 Å². The van der Waals surface area contributed by atoms with Gasteiger partial charge >= 0.3 is 7.82 Å². The molecule has 0 aliphatic rings. The molecule has 1 amide bonds. The average molecular weight is 1160 g/mol.